The van der Waals surface area contributed by atoms with Gasteiger partial charge in [0.25, 0.3) is 0 Å². The maximum absolute atomic E-state index is 11.5. The summed E-state index contributed by atoms with van der Waals surface area (Å²) in [7, 11) is -3.27. The zero-order chi connectivity index (χ0) is 11.9. The summed E-state index contributed by atoms with van der Waals surface area (Å²) < 4.78 is 25.4. The van der Waals surface area contributed by atoms with Gasteiger partial charge in [0.05, 0.1) is 5.75 Å². The summed E-state index contributed by atoms with van der Waals surface area (Å²) in [4.78, 5) is 0. The van der Waals surface area contributed by atoms with Crippen molar-refractivity contribution >= 4 is 26.5 Å². The highest BCUT2D eigenvalue weighted by molar-refractivity contribution is 7.92. The highest BCUT2D eigenvalue weighted by atomic mass is 32.2. The fourth-order valence-corrected chi connectivity index (χ4v) is 2.89. The Morgan fingerprint density at radius 1 is 1.44 bits per heavy atom. The molecule has 0 saturated heterocycles. The van der Waals surface area contributed by atoms with E-state index in [2.05, 4.69) is 27.2 Å². The summed E-state index contributed by atoms with van der Waals surface area (Å²) in [5.41, 5.74) is 1.49. The summed E-state index contributed by atoms with van der Waals surface area (Å²) in [6, 6.07) is 0. The first-order chi connectivity index (χ1) is 7.64. The van der Waals surface area contributed by atoms with Crippen molar-refractivity contribution in [1.29, 1.82) is 0 Å². The lowest BCUT2D eigenvalue weighted by Gasteiger charge is -2.05. The maximum atomic E-state index is 11.5. The van der Waals surface area contributed by atoms with Crippen molar-refractivity contribution in [1.82, 2.24) is 15.5 Å². The monoisotopic (exact) mass is 264 g/mol. The number of aromatic nitrogens is 2. The number of rotatable bonds is 8. The van der Waals surface area contributed by atoms with Gasteiger partial charge in [0.2, 0.25) is 15.2 Å². The lowest BCUT2D eigenvalue weighted by molar-refractivity contribution is 0.593. The molecule has 1 aromatic rings. The van der Waals surface area contributed by atoms with Crippen LogP contribution in [0.25, 0.3) is 0 Å². The molecule has 0 fully saturated rings. The highest BCUT2D eigenvalue weighted by Gasteiger charge is 2.11. The molecule has 0 spiro atoms. The van der Waals surface area contributed by atoms with Crippen LogP contribution >= 0.6 is 11.3 Å². The predicted octanol–water partition coefficient (Wildman–Crippen LogP) is 0.669. The lowest BCUT2D eigenvalue weighted by Crippen LogP contribution is -2.22. The number of nitrogens with zero attached hydrogens (tertiary/aromatic N) is 2. The Hall–Kier alpha value is -0.730. The van der Waals surface area contributed by atoms with Crippen LogP contribution in [0.2, 0.25) is 0 Å². The Balaban J connectivity index is 2.24. The Kier molecular flexibility index (Phi) is 5.64. The van der Waals surface area contributed by atoms with Crippen molar-refractivity contribution in [2.75, 3.05) is 23.6 Å². The molecule has 1 heterocycles. The van der Waals surface area contributed by atoms with Gasteiger partial charge < -0.3 is 5.32 Å². The highest BCUT2D eigenvalue weighted by Crippen LogP contribution is 2.10. The van der Waals surface area contributed by atoms with Crippen LogP contribution in [0.1, 0.15) is 19.8 Å². The Bertz CT molecular complexity index is 377. The summed E-state index contributed by atoms with van der Waals surface area (Å²) in [5.74, 6) is 0.100. The first-order valence-corrected chi connectivity index (χ1v) is 7.64. The molecule has 0 aliphatic carbocycles. The Morgan fingerprint density at radius 3 is 2.88 bits per heavy atom. The van der Waals surface area contributed by atoms with Gasteiger partial charge >= 0.3 is 0 Å². The number of sulfonamides is 1. The van der Waals surface area contributed by atoms with Crippen molar-refractivity contribution in [2.45, 2.75) is 19.8 Å². The Morgan fingerprint density at radius 2 is 2.25 bits per heavy atom. The van der Waals surface area contributed by atoms with Crippen LogP contribution in [-0.2, 0) is 10.0 Å². The third kappa shape index (κ3) is 5.38. The summed E-state index contributed by atoms with van der Waals surface area (Å²) in [5, 5.41) is 10.6. The van der Waals surface area contributed by atoms with Crippen LogP contribution in [0.3, 0.4) is 0 Å². The largest absolute Gasteiger partial charge is 0.317 e. The maximum Gasteiger partial charge on any atom is 0.234 e. The molecule has 0 saturated carbocycles. The molecule has 0 aliphatic rings. The van der Waals surface area contributed by atoms with Crippen molar-refractivity contribution in [2.24, 2.45) is 0 Å². The van der Waals surface area contributed by atoms with Gasteiger partial charge in [-0.25, -0.2) is 8.42 Å². The van der Waals surface area contributed by atoms with E-state index in [0.717, 1.165) is 13.0 Å². The topological polar surface area (TPSA) is 84.0 Å². The second-order valence-corrected chi connectivity index (χ2v) is 5.94. The second-order valence-electron chi connectivity index (χ2n) is 3.27. The lowest BCUT2D eigenvalue weighted by atomic mass is 10.4. The van der Waals surface area contributed by atoms with E-state index in [-0.39, 0.29) is 5.75 Å². The van der Waals surface area contributed by atoms with E-state index in [4.69, 9.17) is 0 Å². The molecule has 0 atom stereocenters. The minimum Gasteiger partial charge on any atom is -0.317 e. The van der Waals surface area contributed by atoms with E-state index >= 15 is 0 Å². The van der Waals surface area contributed by atoms with Crippen molar-refractivity contribution < 1.29 is 8.42 Å². The molecule has 0 amide bonds. The molecule has 0 bridgehead atoms. The summed E-state index contributed by atoms with van der Waals surface area (Å²) in [6.07, 6.45) is 1.64. The molecule has 8 heteroatoms. The van der Waals surface area contributed by atoms with E-state index < -0.39 is 10.0 Å². The van der Waals surface area contributed by atoms with Gasteiger partial charge in [0, 0.05) is 0 Å². The number of hydrogen-bond acceptors (Lipinski definition) is 6. The molecule has 2 N–H and O–H groups in total. The molecule has 1 aromatic heterocycles. The fraction of sp³-hybridized carbons (Fsp3) is 0.750. The van der Waals surface area contributed by atoms with Crippen molar-refractivity contribution in [3.8, 4) is 0 Å². The minimum absolute atomic E-state index is 0.100. The Labute approximate surface area is 99.5 Å². The number of hydrogen-bond donors (Lipinski definition) is 2. The van der Waals surface area contributed by atoms with Gasteiger partial charge in [0.15, 0.2) is 0 Å². The van der Waals surface area contributed by atoms with Crippen molar-refractivity contribution in [3.63, 3.8) is 0 Å². The van der Waals surface area contributed by atoms with E-state index in [1.807, 2.05) is 0 Å². The van der Waals surface area contributed by atoms with Gasteiger partial charge in [-0.3, -0.25) is 4.72 Å². The molecule has 16 heavy (non-hydrogen) atoms. The predicted molar refractivity (Wildman–Crippen MR) is 65.1 cm³/mol. The smallest absolute Gasteiger partial charge is 0.234 e. The van der Waals surface area contributed by atoms with E-state index in [1.165, 1.54) is 16.8 Å². The van der Waals surface area contributed by atoms with Gasteiger partial charge in [-0.05, 0) is 25.9 Å². The third-order valence-electron chi connectivity index (χ3n) is 1.80. The first-order valence-electron chi connectivity index (χ1n) is 5.11. The third-order valence-corrected chi connectivity index (χ3v) is 3.86. The van der Waals surface area contributed by atoms with Gasteiger partial charge in [-0.1, -0.05) is 18.3 Å². The molecule has 0 aromatic carbocycles. The zero-order valence-electron chi connectivity index (χ0n) is 9.14. The molecule has 92 valence electrons. The zero-order valence-corrected chi connectivity index (χ0v) is 10.8. The minimum atomic E-state index is -3.27. The molecule has 0 aliphatic heterocycles. The molecule has 1 rings (SSSR count). The standard InChI is InChI=1S/C8H16N4O2S2/c1-2-4-9-5-3-6-16(13,14)12-8-11-10-7-15-8/h7,9H,2-6H2,1H3,(H,11,12). The normalized spacial score (nSPS) is 11.6. The average molecular weight is 264 g/mol. The molecule has 0 unspecified atom stereocenters. The number of anilines is 1. The van der Waals surface area contributed by atoms with E-state index in [9.17, 15) is 8.42 Å². The summed E-state index contributed by atoms with van der Waals surface area (Å²) in [6.45, 7) is 3.70. The van der Waals surface area contributed by atoms with Crippen LogP contribution in [0.4, 0.5) is 5.13 Å². The molecule has 6 nitrogen and oxygen atoms in total. The van der Waals surface area contributed by atoms with Crippen LogP contribution in [0, 0.1) is 0 Å². The average Bonchev–Trinajstić information content (AvgIpc) is 2.69. The summed E-state index contributed by atoms with van der Waals surface area (Å²) >= 11 is 1.17. The SMILES string of the molecule is CCCNCCCS(=O)(=O)Nc1nncs1. The first kappa shape index (κ1) is 13.3. The van der Waals surface area contributed by atoms with Crippen LogP contribution in [0.15, 0.2) is 5.51 Å². The quantitative estimate of drug-likeness (QED) is 0.674. The van der Waals surface area contributed by atoms with E-state index in [1.54, 1.807) is 0 Å². The van der Waals surface area contributed by atoms with Gasteiger partial charge in [-0.15, -0.1) is 10.2 Å². The fourth-order valence-electron chi connectivity index (χ4n) is 1.09. The van der Waals surface area contributed by atoms with Gasteiger partial charge in [0.1, 0.15) is 5.51 Å². The van der Waals surface area contributed by atoms with Gasteiger partial charge in [-0.2, -0.15) is 0 Å². The van der Waals surface area contributed by atoms with Crippen LogP contribution in [0.5, 0.6) is 0 Å². The number of nitrogens with one attached hydrogen (secondary N) is 2. The molecular weight excluding hydrogens is 248 g/mol. The molecular formula is C8H16N4O2S2. The van der Waals surface area contributed by atoms with Crippen molar-refractivity contribution in [3.05, 3.63) is 5.51 Å². The second kappa shape index (κ2) is 6.77. The van der Waals surface area contributed by atoms with E-state index in [0.29, 0.717) is 18.1 Å². The molecule has 0 radical (unpaired) electrons. The van der Waals surface area contributed by atoms with Crippen LogP contribution < -0.4 is 10.0 Å². The van der Waals surface area contributed by atoms with Crippen LogP contribution in [-0.4, -0.2) is 37.5 Å².